The van der Waals surface area contributed by atoms with Gasteiger partial charge < -0.3 is 10.2 Å². The Kier molecular flexibility index (Phi) is 5.76. The first-order valence-electron chi connectivity index (χ1n) is 9.61. The molecular weight excluding hydrogens is 284 g/mol. The average molecular weight is 319 g/mol. The van der Waals surface area contributed by atoms with Crippen LogP contribution in [0, 0.1) is 19.3 Å². The Morgan fingerprint density at radius 3 is 2.52 bits per heavy atom. The predicted molar refractivity (Wildman–Crippen MR) is 95.8 cm³/mol. The third kappa shape index (κ3) is 4.36. The van der Waals surface area contributed by atoms with Gasteiger partial charge >= 0.3 is 0 Å². The van der Waals surface area contributed by atoms with Crippen LogP contribution in [-0.2, 0) is 6.54 Å². The highest BCUT2D eigenvalue weighted by atomic mass is 15.3. The van der Waals surface area contributed by atoms with Gasteiger partial charge in [0.1, 0.15) is 0 Å². The lowest BCUT2D eigenvalue weighted by atomic mass is 9.71. The normalized spacial score (nSPS) is 22.3. The Labute approximate surface area is 141 Å². The summed E-state index contributed by atoms with van der Waals surface area (Å²) in [6, 6.07) is 0. The molecule has 130 valence electrons. The van der Waals surface area contributed by atoms with Crippen LogP contribution in [0.3, 0.4) is 0 Å². The summed E-state index contributed by atoms with van der Waals surface area (Å²) in [4.78, 5) is 2.64. The van der Waals surface area contributed by atoms with Gasteiger partial charge in [-0.1, -0.05) is 19.3 Å². The van der Waals surface area contributed by atoms with E-state index < -0.39 is 0 Å². The van der Waals surface area contributed by atoms with Gasteiger partial charge in [0.25, 0.3) is 0 Å². The minimum absolute atomic E-state index is 0.496. The molecule has 2 fully saturated rings. The van der Waals surface area contributed by atoms with Crippen molar-refractivity contribution in [3.63, 3.8) is 0 Å². The molecule has 2 heterocycles. The zero-order valence-electron chi connectivity index (χ0n) is 15.1. The fourth-order valence-electron chi connectivity index (χ4n) is 4.42. The maximum atomic E-state index is 4.65. The molecule has 3 rings (SSSR count). The smallest absolute Gasteiger partial charge is 0.0521 e. The minimum atomic E-state index is 0.496. The summed E-state index contributed by atoms with van der Waals surface area (Å²) in [6.07, 6.45) is 11.8. The second-order valence-corrected chi connectivity index (χ2v) is 7.83. The van der Waals surface area contributed by atoms with E-state index in [1.165, 1.54) is 75.8 Å². The zero-order chi connectivity index (χ0) is 16.1. The summed E-state index contributed by atoms with van der Waals surface area (Å²) in [7, 11) is 0. The van der Waals surface area contributed by atoms with Crippen LogP contribution in [0.15, 0.2) is 6.20 Å². The van der Waals surface area contributed by atoms with Crippen LogP contribution in [0.1, 0.15) is 56.2 Å². The molecule has 4 heteroatoms. The highest BCUT2D eigenvalue weighted by Gasteiger charge is 2.33. The van der Waals surface area contributed by atoms with Gasteiger partial charge in [0.15, 0.2) is 0 Å². The number of hydrogen-bond acceptors (Lipinski definition) is 3. The molecule has 0 aromatic carbocycles. The molecule has 0 spiro atoms. The SMILES string of the molecule is Cc1cnn(CC2(CCCN3CCNCC3)CCCCC2)c1C. The molecule has 2 aliphatic rings. The van der Waals surface area contributed by atoms with E-state index in [1.54, 1.807) is 0 Å². The molecule has 4 nitrogen and oxygen atoms in total. The summed E-state index contributed by atoms with van der Waals surface area (Å²) >= 11 is 0. The third-order valence-electron chi connectivity index (χ3n) is 6.14. The second kappa shape index (κ2) is 7.80. The molecular formula is C19H34N4. The maximum absolute atomic E-state index is 4.65. The molecule has 1 N–H and O–H groups in total. The van der Waals surface area contributed by atoms with Crippen molar-refractivity contribution < 1.29 is 0 Å². The maximum Gasteiger partial charge on any atom is 0.0521 e. The number of rotatable bonds is 6. The summed E-state index contributed by atoms with van der Waals surface area (Å²) in [5, 5.41) is 8.10. The molecule has 0 amide bonds. The van der Waals surface area contributed by atoms with Gasteiger partial charge in [-0.05, 0) is 57.1 Å². The molecule has 23 heavy (non-hydrogen) atoms. The number of aryl methyl sites for hydroxylation is 1. The first kappa shape index (κ1) is 17.0. The monoisotopic (exact) mass is 318 g/mol. The fraction of sp³-hybridized carbons (Fsp3) is 0.842. The van der Waals surface area contributed by atoms with Crippen LogP contribution < -0.4 is 5.32 Å². The Hall–Kier alpha value is -0.870. The number of nitrogens with zero attached hydrogens (tertiary/aromatic N) is 3. The van der Waals surface area contributed by atoms with Crippen molar-refractivity contribution >= 4 is 0 Å². The molecule has 1 aromatic heterocycles. The summed E-state index contributed by atoms with van der Waals surface area (Å²) in [5.41, 5.74) is 3.18. The summed E-state index contributed by atoms with van der Waals surface area (Å²) < 4.78 is 2.28. The Morgan fingerprint density at radius 1 is 1.13 bits per heavy atom. The van der Waals surface area contributed by atoms with E-state index in [0.717, 1.165) is 19.6 Å². The molecule has 0 bridgehead atoms. The second-order valence-electron chi connectivity index (χ2n) is 7.83. The number of nitrogens with one attached hydrogen (secondary N) is 1. The standard InChI is InChI=1S/C19H34N4/c1-17-15-21-23(18(17)2)16-19(7-4-3-5-8-19)9-6-12-22-13-10-20-11-14-22/h15,20H,3-14,16H2,1-2H3. The first-order chi connectivity index (χ1) is 11.2. The van der Waals surface area contributed by atoms with E-state index in [4.69, 9.17) is 0 Å². The topological polar surface area (TPSA) is 33.1 Å². The quantitative estimate of drug-likeness (QED) is 0.875. The zero-order valence-corrected chi connectivity index (χ0v) is 15.1. The minimum Gasteiger partial charge on any atom is -0.314 e. The van der Waals surface area contributed by atoms with Crippen molar-refractivity contribution in [3.05, 3.63) is 17.5 Å². The van der Waals surface area contributed by atoms with Gasteiger partial charge in [-0.25, -0.2) is 0 Å². The van der Waals surface area contributed by atoms with E-state index >= 15 is 0 Å². The van der Waals surface area contributed by atoms with Crippen molar-refractivity contribution in [3.8, 4) is 0 Å². The average Bonchev–Trinajstić information content (AvgIpc) is 2.89. The Morgan fingerprint density at radius 2 is 1.87 bits per heavy atom. The van der Waals surface area contributed by atoms with Crippen molar-refractivity contribution in [2.24, 2.45) is 5.41 Å². The molecule has 0 radical (unpaired) electrons. The summed E-state index contributed by atoms with van der Waals surface area (Å²) in [6.45, 7) is 11.6. The fourth-order valence-corrected chi connectivity index (χ4v) is 4.42. The molecule has 0 unspecified atom stereocenters. The van der Waals surface area contributed by atoms with Crippen LogP contribution in [0.25, 0.3) is 0 Å². The predicted octanol–water partition coefficient (Wildman–Crippen LogP) is 3.14. The molecule has 1 saturated carbocycles. The lowest BCUT2D eigenvalue weighted by Crippen LogP contribution is -2.44. The van der Waals surface area contributed by atoms with Gasteiger partial charge in [0, 0.05) is 38.4 Å². The Balaban J connectivity index is 1.58. The van der Waals surface area contributed by atoms with E-state index in [-0.39, 0.29) is 0 Å². The lowest BCUT2D eigenvalue weighted by Gasteiger charge is -2.38. The molecule has 1 saturated heterocycles. The van der Waals surface area contributed by atoms with E-state index in [1.807, 2.05) is 6.20 Å². The van der Waals surface area contributed by atoms with Crippen molar-refractivity contribution in [1.29, 1.82) is 0 Å². The van der Waals surface area contributed by atoms with Gasteiger partial charge in [0.2, 0.25) is 0 Å². The van der Waals surface area contributed by atoms with Crippen LogP contribution in [0.2, 0.25) is 0 Å². The molecule has 1 aliphatic heterocycles. The van der Waals surface area contributed by atoms with E-state index in [2.05, 4.69) is 33.8 Å². The van der Waals surface area contributed by atoms with Gasteiger partial charge in [0.05, 0.1) is 6.20 Å². The first-order valence-corrected chi connectivity index (χ1v) is 9.61. The van der Waals surface area contributed by atoms with Gasteiger partial charge in [-0.15, -0.1) is 0 Å². The molecule has 1 aromatic rings. The van der Waals surface area contributed by atoms with Crippen LogP contribution in [-0.4, -0.2) is 47.4 Å². The largest absolute Gasteiger partial charge is 0.314 e. The van der Waals surface area contributed by atoms with Gasteiger partial charge in [-0.2, -0.15) is 5.10 Å². The van der Waals surface area contributed by atoms with Crippen molar-refractivity contribution in [1.82, 2.24) is 20.0 Å². The molecule has 1 aliphatic carbocycles. The third-order valence-corrected chi connectivity index (χ3v) is 6.14. The summed E-state index contributed by atoms with van der Waals surface area (Å²) in [5.74, 6) is 0. The highest BCUT2D eigenvalue weighted by Crippen LogP contribution is 2.42. The van der Waals surface area contributed by atoms with Crippen molar-refractivity contribution in [2.45, 2.75) is 65.3 Å². The molecule has 0 atom stereocenters. The Bertz CT molecular complexity index is 482. The van der Waals surface area contributed by atoms with Gasteiger partial charge in [-0.3, -0.25) is 4.68 Å². The highest BCUT2D eigenvalue weighted by molar-refractivity contribution is 5.13. The van der Waals surface area contributed by atoms with E-state index in [0.29, 0.717) is 5.41 Å². The number of piperazine rings is 1. The lowest BCUT2D eigenvalue weighted by molar-refractivity contribution is 0.122. The number of hydrogen-bond donors (Lipinski definition) is 1. The van der Waals surface area contributed by atoms with Crippen molar-refractivity contribution in [2.75, 3.05) is 32.7 Å². The van der Waals surface area contributed by atoms with E-state index in [9.17, 15) is 0 Å². The van der Waals surface area contributed by atoms with Crippen LogP contribution >= 0.6 is 0 Å². The number of aromatic nitrogens is 2. The van der Waals surface area contributed by atoms with Crippen LogP contribution in [0.5, 0.6) is 0 Å². The van der Waals surface area contributed by atoms with Crippen LogP contribution in [0.4, 0.5) is 0 Å².